The fourth-order valence-corrected chi connectivity index (χ4v) is 4.46. The summed E-state index contributed by atoms with van der Waals surface area (Å²) in [5.74, 6) is -2.11. The molecule has 0 spiro atoms. The number of rotatable bonds is 8. The van der Waals surface area contributed by atoms with E-state index in [0.29, 0.717) is 5.56 Å². The minimum Gasteiger partial charge on any atom is -0.481 e. The first-order valence-electron chi connectivity index (χ1n) is 11.4. The molecule has 0 radical (unpaired) electrons. The van der Waals surface area contributed by atoms with Gasteiger partial charge in [0.25, 0.3) is 5.91 Å². The van der Waals surface area contributed by atoms with Gasteiger partial charge in [0, 0.05) is 32.1 Å². The maximum absolute atomic E-state index is 12.9. The van der Waals surface area contributed by atoms with E-state index in [1.54, 1.807) is 7.05 Å². The molecule has 0 aliphatic heterocycles. The average molecular weight is 477 g/mol. The molecule has 0 bridgehead atoms. The average Bonchev–Trinajstić information content (AvgIpc) is 3.38. The molecule has 1 aliphatic carbocycles. The number of carboxylic acids is 1. The second-order valence-electron chi connectivity index (χ2n) is 8.75. The van der Waals surface area contributed by atoms with E-state index in [-0.39, 0.29) is 37.2 Å². The third-order valence-corrected chi connectivity index (χ3v) is 6.30. The van der Waals surface area contributed by atoms with Crippen LogP contribution in [0.1, 0.15) is 40.0 Å². The number of aryl methyl sites for hydroxylation is 1. The van der Waals surface area contributed by atoms with E-state index in [9.17, 15) is 14.4 Å². The zero-order valence-corrected chi connectivity index (χ0v) is 19.9. The van der Waals surface area contributed by atoms with Crippen LogP contribution in [0.25, 0.3) is 11.1 Å². The first kappa shape index (κ1) is 24.0. The minimum atomic E-state index is -0.980. The van der Waals surface area contributed by atoms with E-state index in [1.807, 2.05) is 24.3 Å². The molecule has 2 amide bonds. The van der Waals surface area contributed by atoms with Crippen molar-refractivity contribution in [3.05, 3.63) is 77.1 Å². The molecule has 1 aromatic heterocycles. The van der Waals surface area contributed by atoms with E-state index in [1.165, 1.54) is 29.7 Å². The molecule has 1 unspecified atom stereocenters. The van der Waals surface area contributed by atoms with Gasteiger partial charge in [-0.1, -0.05) is 55.5 Å². The smallest absolute Gasteiger partial charge is 0.407 e. The van der Waals surface area contributed by atoms with Crippen LogP contribution in [0.15, 0.2) is 54.7 Å². The summed E-state index contributed by atoms with van der Waals surface area (Å²) in [5, 5.41) is 15.9. The van der Waals surface area contributed by atoms with Gasteiger partial charge in [-0.15, -0.1) is 0 Å². The predicted molar refractivity (Wildman–Crippen MR) is 129 cm³/mol. The van der Waals surface area contributed by atoms with Crippen molar-refractivity contribution in [2.45, 2.75) is 19.4 Å². The molecule has 182 valence electrons. The molecule has 3 aromatic rings. The SMILES string of the molecule is CC(CN(C)C(=O)c1c(CNC(=O)OCC2c3ccccc3-c3ccccc32)cnn1C)C(=O)O. The van der Waals surface area contributed by atoms with Gasteiger partial charge in [0.1, 0.15) is 12.3 Å². The second-order valence-corrected chi connectivity index (χ2v) is 8.75. The lowest BCUT2D eigenvalue weighted by molar-refractivity contribution is -0.141. The van der Waals surface area contributed by atoms with Gasteiger partial charge < -0.3 is 20.1 Å². The Morgan fingerprint density at radius 1 is 1.11 bits per heavy atom. The maximum Gasteiger partial charge on any atom is 0.407 e. The number of fused-ring (bicyclic) bond motifs is 3. The van der Waals surface area contributed by atoms with Gasteiger partial charge in [-0.25, -0.2) is 4.79 Å². The Kier molecular flexibility index (Phi) is 6.86. The van der Waals surface area contributed by atoms with Crippen LogP contribution in [0, 0.1) is 5.92 Å². The van der Waals surface area contributed by atoms with Crippen LogP contribution >= 0.6 is 0 Å². The standard InChI is InChI=1S/C26H28N4O5/c1-16(25(32)33)14-29(2)24(31)23-17(13-28-30(23)3)12-27-26(34)35-15-22-20-10-6-4-8-18(20)19-9-5-7-11-21(19)22/h4-11,13,16,22H,12,14-15H2,1-3H3,(H,27,34)(H,32,33). The molecule has 2 aromatic carbocycles. The summed E-state index contributed by atoms with van der Waals surface area (Å²) in [6.45, 7) is 1.83. The Hall–Kier alpha value is -4.14. The van der Waals surface area contributed by atoms with Crippen LogP contribution in [0.5, 0.6) is 0 Å². The van der Waals surface area contributed by atoms with E-state index in [2.05, 4.69) is 34.7 Å². The molecule has 0 fully saturated rings. The summed E-state index contributed by atoms with van der Waals surface area (Å²) in [4.78, 5) is 37.9. The van der Waals surface area contributed by atoms with Gasteiger partial charge in [-0.2, -0.15) is 5.10 Å². The summed E-state index contributed by atoms with van der Waals surface area (Å²) in [6, 6.07) is 16.2. The number of carbonyl (C=O) groups excluding carboxylic acids is 2. The van der Waals surface area contributed by atoms with Crippen LogP contribution in [-0.4, -0.2) is 58.0 Å². The fraction of sp³-hybridized carbons (Fsp3) is 0.308. The molecule has 9 nitrogen and oxygen atoms in total. The van der Waals surface area contributed by atoms with E-state index >= 15 is 0 Å². The monoisotopic (exact) mass is 476 g/mol. The van der Waals surface area contributed by atoms with Crippen LogP contribution < -0.4 is 5.32 Å². The molecule has 1 aliphatic rings. The number of alkyl carbamates (subject to hydrolysis) is 1. The molecular formula is C26H28N4O5. The summed E-state index contributed by atoms with van der Waals surface area (Å²) < 4.78 is 6.97. The lowest BCUT2D eigenvalue weighted by Gasteiger charge is -2.20. The summed E-state index contributed by atoms with van der Waals surface area (Å²) in [7, 11) is 3.16. The van der Waals surface area contributed by atoms with Crippen molar-refractivity contribution in [1.82, 2.24) is 20.0 Å². The third-order valence-electron chi connectivity index (χ3n) is 6.30. The molecule has 4 rings (SSSR count). The van der Waals surface area contributed by atoms with Crippen molar-refractivity contribution in [3.8, 4) is 11.1 Å². The molecule has 9 heteroatoms. The van der Waals surface area contributed by atoms with Crippen molar-refractivity contribution >= 4 is 18.0 Å². The number of benzene rings is 2. The molecule has 1 heterocycles. The molecule has 0 saturated heterocycles. The Morgan fingerprint density at radius 2 is 1.71 bits per heavy atom. The maximum atomic E-state index is 12.9. The number of hydrogen-bond acceptors (Lipinski definition) is 5. The predicted octanol–water partition coefficient (Wildman–Crippen LogP) is 3.25. The van der Waals surface area contributed by atoms with Gasteiger partial charge in [-0.3, -0.25) is 14.3 Å². The Labute approximate surface area is 203 Å². The first-order valence-corrected chi connectivity index (χ1v) is 11.4. The van der Waals surface area contributed by atoms with Gasteiger partial charge in [-0.05, 0) is 22.3 Å². The number of nitrogens with one attached hydrogen (secondary N) is 1. The van der Waals surface area contributed by atoms with E-state index in [4.69, 9.17) is 9.84 Å². The van der Waals surface area contributed by atoms with Crippen LogP contribution in [-0.2, 0) is 23.1 Å². The number of ether oxygens (including phenoxy) is 1. The molecule has 1 atom stereocenters. The van der Waals surface area contributed by atoms with Crippen molar-refractivity contribution in [2.24, 2.45) is 13.0 Å². The van der Waals surface area contributed by atoms with Crippen molar-refractivity contribution in [1.29, 1.82) is 0 Å². The van der Waals surface area contributed by atoms with Crippen molar-refractivity contribution in [2.75, 3.05) is 20.2 Å². The highest BCUT2D eigenvalue weighted by molar-refractivity contribution is 5.94. The number of carbonyl (C=O) groups is 3. The van der Waals surface area contributed by atoms with Gasteiger partial charge in [0.15, 0.2) is 0 Å². The zero-order chi connectivity index (χ0) is 25.1. The highest BCUT2D eigenvalue weighted by atomic mass is 16.5. The van der Waals surface area contributed by atoms with Crippen LogP contribution in [0.3, 0.4) is 0 Å². The molecular weight excluding hydrogens is 448 g/mol. The summed E-state index contributed by atoms with van der Waals surface area (Å²) >= 11 is 0. The number of amides is 2. The largest absolute Gasteiger partial charge is 0.481 e. The zero-order valence-electron chi connectivity index (χ0n) is 19.9. The Balaban J connectivity index is 1.38. The Morgan fingerprint density at radius 3 is 2.31 bits per heavy atom. The molecule has 35 heavy (non-hydrogen) atoms. The van der Waals surface area contributed by atoms with Crippen LogP contribution in [0.4, 0.5) is 4.79 Å². The van der Waals surface area contributed by atoms with Gasteiger partial charge in [0.05, 0.1) is 18.7 Å². The molecule has 0 saturated carbocycles. The number of aliphatic carboxylic acids is 1. The lowest BCUT2D eigenvalue weighted by atomic mass is 9.98. The Bertz CT molecular complexity index is 1220. The minimum absolute atomic E-state index is 0.0476. The van der Waals surface area contributed by atoms with Crippen molar-refractivity contribution in [3.63, 3.8) is 0 Å². The highest BCUT2D eigenvalue weighted by Gasteiger charge is 2.29. The quantitative estimate of drug-likeness (QED) is 0.516. The van der Waals surface area contributed by atoms with Crippen molar-refractivity contribution < 1.29 is 24.2 Å². The summed E-state index contributed by atoms with van der Waals surface area (Å²) in [6.07, 6.45) is 0.910. The summed E-state index contributed by atoms with van der Waals surface area (Å²) in [5.41, 5.74) is 5.35. The lowest BCUT2D eigenvalue weighted by Crippen LogP contribution is -2.35. The normalized spacial score (nSPS) is 13.0. The first-order chi connectivity index (χ1) is 16.8. The molecule has 2 N–H and O–H groups in total. The topological polar surface area (TPSA) is 114 Å². The highest BCUT2D eigenvalue weighted by Crippen LogP contribution is 2.44. The fourth-order valence-electron chi connectivity index (χ4n) is 4.46. The number of nitrogens with zero attached hydrogens (tertiary/aromatic N) is 3. The van der Waals surface area contributed by atoms with Gasteiger partial charge >= 0.3 is 12.1 Å². The van der Waals surface area contributed by atoms with Crippen LogP contribution in [0.2, 0.25) is 0 Å². The second kappa shape index (κ2) is 10.0. The van der Waals surface area contributed by atoms with Gasteiger partial charge in [0.2, 0.25) is 0 Å². The number of aromatic nitrogens is 2. The van der Waals surface area contributed by atoms with E-state index < -0.39 is 18.0 Å². The van der Waals surface area contributed by atoms with E-state index in [0.717, 1.165) is 22.3 Å². The number of carboxylic acid groups (broad SMARTS) is 1. The third kappa shape index (κ3) is 4.89. The number of hydrogen-bond donors (Lipinski definition) is 2.